The molecule has 1 fully saturated rings. The second-order valence-electron chi connectivity index (χ2n) is 11.5. The third-order valence-corrected chi connectivity index (χ3v) is 11.7. The van der Waals surface area contributed by atoms with Crippen LogP contribution < -0.4 is 10.4 Å². The maximum absolute atomic E-state index is 13.2. The number of rotatable bonds is 5. The Morgan fingerprint density at radius 1 is 1.00 bits per heavy atom. The smallest absolute Gasteiger partial charge is 0.410 e. The van der Waals surface area contributed by atoms with Gasteiger partial charge in [0.1, 0.15) is 5.60 Å². The van der Waals surface area contributed by atoms with E-state index in [1.54, 1.807) is 4.90 Å². The van der Waals surface area contributed by atoms with Crippen LogP contribution in [0.4, 0.5) is 4.79 Å². The van der Waals surface area contributed by atoms with Crippen molar-refractivity contribution in [1.29, 1.82) is 5.26 Å². The van der Waals surface area contributed by atoms with Crippen LogP contribution in [0.2, 0.25) is 5.04 Å². The van der Waals surface area contributed by atoms with Crippen molar-refractivity contribution in [3.63, 3.8) is 0 Å². The predicted molar refractivity (Wildman–Crippen MR) is 143 cm³/mol. The number of carbonyl (C=O) groups is 1. The molecular formula is C29H40N2O3Si. The van der Waals surface area contributed by atoms with Crippen molar-refractivity contribution in [1.82, 2.24) is 4.90 Å². The molecule has 0 N–H and O–H groups in total. The fraction of sp³-hybridized carbons (Fsp3) is 0.517. The van der Waals surface area contributed by atoms with Crippen LogP contribution in [-0.4, -0.2) is 44.1 Å². The van der Waals surface area contributed by atoms with Gasteiger partial charge in [0.25, 0.3) is 8.32 Å². The largest absolute Gasteiger partial charge is 0.444 e. The van der Waals surface area contributed by atoms with Gasteiger partial charge in [0.15, 0.2) is 0 Å². The van der Waals surface area contributed by atoms with E-state index in [1.807, 2.05) is 32.9 Å². The summed E-state index contributed by atoms with van der Waals surface area (Å²) in [6.07, 6.45) is 1.83. The monoisotopic (exact) mass is 492 g/mol. The molecule has 2 aromatic carbocycles. The van der Waals surface area contributed by atoms with E-state index in [0.29, 0.717) is 19.6 Å². The zero-order valence-corrected chi connectivity index (χ0v) is 23.1. The van der Waals surface area contributed by atoms with Gasteiger partial charge >= 0.3 is 6.09 Å². The lowest BCUT2D eigenvalue weighted by atomic mass is 9.99. The van der Waals surface area contributed by atoms with Crippen LogP contribution in [0.25, 0.3) is 0 Å². The van der Waals surface area contributed by atoms with E-state index in [-0.39, 0.29) is 23.1 Å². The molecule has 2 aromatic rings. The fourth-order valence-corrected chi connectivity index (χ4v) is 9.68. The summed E-state index contributed by atoms with van der Waals surface area (Å²) >= 11 is 0. The summed E-state index contributed by atoms with van der Waals surface area (Å²) in [6, 6.07) is 23.2. The lowest BCUT2D eigenvalue weighted by molar-refractivity contribution is 0.0106. The van der Waals surface area contributed by atoms with Gasteiger partial charge in [0.05, 0.1) is 18.7 Å². The van der Waals surface area contributed by atoms with Crippen LogP contribution in [0.15, 0.2) is 60.7 Å². The van der Waals surface area contributed by atoms with Crippen molar-refractivity contribution < 1.29 is 14.0 Å². The molecule has 6 heteroatoms. The molecule has 5 nitrogen and oxygen atoms in total. The van der Waals surface area contributed by atoms with E-state index in [1.165, 1.54) is 10.4 Å². The minimum absolute atomic E-state index is 0.102. The summed E-state index contributed by atoms with van der Waals surface area (Å²) in [4.78, 5) is 15.0. The van der Waals surface area contributed by atoms with E-state index < -0.39 is 13.9 Å². The van der Waals surface area contributed by atoms with Crippen molar-refractivity contribution >= 4 is 24.8 Å². The molecule has 0 aliphatic carbocycles. The van der Waals surface area contributed by atoms with Gasteiger partial charge in [-0.15, -0.1) is 0 Å². The maximum Gasteiger partial charge on any atom is 0.410 e. The molecule has 35 heavy (non-hydrogen) atoms. The number of ether oxygens (including phenoxy) is 1. The standard InChI is InChI=1S/C29H40N2O3Si/c1-28(2,3)34-27(32)31-19-13-14-23(21-30)20-24(31)22-33-35(29(4,5)6,25-15-9-7-10-16-25)26-17-11-8-12-18-26/h7-12,15-18,23-24H,13-14,19-20,22H2,1-6H3/t23-,24+/m1/s1. The van der Waals surface area contributed by atoms with E-state index in [4.69, 9.17) is 9.16 Å². The Hall–Kier alpha value is -2.62. The lowest BCUT2D eigenvalue weighted by Crippen LogP contribution is -2.67. The van der Waals surface area contributed by atoms with E-state index >= 15 is 0 Å². The second kappa shape index (κ2) is 11.0. The predicted octanol–water partition coefficient (Wildman–Crippen LogP) is 5.49. The molecule has 0 spiro atoms. The zero-order chi connectivity index (χ0) is 25.7. The van der Waals surface area contributed by atoms with Crippen molar-refractivity contribution in [2.75, 3.05) is 13.2 Å². The minimum Gasteiger partial charge on any atom is -0.444 e. The quantitative estimate of drug-likeness (QED) is 0.518. The Bertz CT molecular complexity index is 967. The molecule has 188 valence electrons. The highest BCUT2D eigenvalue weighted by atomic mass is 28.4. The summed E-state index contributed by atoms with van der Waals surface area (Å²) in [6.45, 7) is 13.3. The van der Waals surface area contributed by atoms with Gasteiger partial charge in [-0.1, -0.05) is 81.4 Å². The highest BCUT2D eigenvalue weighted by Gasteiger charge is 2.51. The number of hydrogen-bond acceptors (Lipinski definition) is 4. The summed E-state index contributed by atoms with van der Waals surface area (Å²) in [5.41, 5.74) is -0.582. The van der Waals surface area contributed by atoms with Crippen molar-refractivity contribution in [2.24, 2.45) is 5.92 Å². The fourth-order valence-electron chi connectivity index (χ4n) is 5.08. The summed E-state index contributed by atoms with van der Waals surface area (Å²) in [5, 5.41) is 12.0. The number of hydrogen-bond donors (Lipinski definition) is 0. The first kappa shape index (κ1) is 27.0. The van der Waals surface area contributed by atoms with Crippen molar-refractivity contribution in [3.05, 3.63) is 60.7 Å². The van der Waals surface area contributed by atoms with Crippen LogP contribution in [0.3, 0.4) is 0 Å². The zero-order valence-electron chi connectivity index (χ0n) is 22.1. The molecule has 1 amide bonds. The SMILES string of the molecule is CC(C)(C)OC(=O)N1CCC[C@@H](C#N)C[C@H]1CO[Si](c1ccccc1)(c1ccccc1)C(C)(C)C. The Morgan fingerprint density at radius 3 is 2.00 bits per heavy atom. The van der Waals surface area contributed by atoms with Gasteiger partial charge in [0.2, 0.25) is 0 Å². The molecule has 2 atom stereocenters. The molecule has 0 aromatic heterocycles. The van der Waals surface area contributed by atoms with Gasteiger partial charge in [-0.3, -0.25) is 0 Å². The molecular weight excluding hydrogens is 452 g/mol. The Morgan fingerprint density at radius 2 is 1.54 bits per heavy atom. The maximum atomic E-state index is 13.2. The van der Waals surface area contributed by atoms with Gasteiger partial charge in [0, 0.05) is 12.5 Å². The van der Waals surface area contributed by atoms with Crippen molar-refractivity contribution in [2.45, 2.75) is 77.5 Å². The average Bonchev–Trinajstić information content (AvgIpc) is 3.01. The van der Waals surface area contributed by atoms with Crippen molar-refractivity contribution in [3.8, 4) is 6.07 Å². The normalized spacial score (nSPS) is 19.5. The first-order valence-corrected chi connectivity index (χ1v) is 14.5. The highest BCUT2D eigenvalue weighted by Crippen LogP contribution is 2.37. The molecule has 0 radical (unpaired) electrons. The summed E-state index contributed by atoms with van der Waals surface area (Å²) in [5.74, 6) is -0.102. The summed E-state index contributed by atoms with van der Waals surface area (Å²) in [7, 11) is -2.75. The van der Waals surface area contributed by atoms with Gasteiger partial charge in [-0.25, -0.2) is 4.79 Å². The number of likely N-dealkylation sites (tertiary alicyclic amines) is 1. The van der Waals surface area contributed by atoms with Gasteiger partial charge in [-0.2, -0.15) is 5.26 Å². The Labute approximate surface area is 212 Å². The van der Waals surface area contributed by atoms with Crippen LogP contribution in [0.1, 0.15) is 60.8 Å². The summed E-state index contributed by atoms with van der Waals surface area (Å²) < 4.78 is 12.9. The first-order valence-electron chi connectivity index (χ1n) is 12.6. The number of nitrogens with zero attached hydrogens (tertiary/aromatic N) is 2. The van der Waals surface area contributed by atoms with Crippen LogP contribution in [0.5, 0.6) is 0 Å². The average molecular weight is 493 g/mol. The molecule has 1 saturated heterocycles. The van der Waals surface area contributed by atoms with Crippen LogP contribution in [-0.2, 0) is 9.16 Å². The molecule has 0 unspecified atom stereocenters. The molecule has 0 saturated carbocycles. The van der Waals surface area contributed by atoms with E-state index in [2.05, 4.69) is 75.4 Å². The number of nitriles is 1. The Balaban J connectivity index is 2.03. The number of benzene rings is 2. The molecule has 1 aliphatic heterocycles. The van der Waals surface area contributed by atoms with Crippen LogP contribution >= 0.6 is 0 Å². The third-order valence-electron chi connectivity index (χ3n) is 6.67. The highest BCUT2D eigenvalue weighted by molar-refractivity contribution is 6.99. The van der Waals surface area contributed by atoms with E-state index in [0.717, 1.165) is 12.8 Å². The topological polar surface area (TPSA) is 62.6 Å². The molecule has 1 heterocycles. The lowest BCUT2D eigenvalue weighted by Gasteiger charge is -2.44. The van der Waals surface area contributed by atoms with Gasteiger partial charge < -0.3 is 14.1 Å². The molecule has 3 rings (SSSR count). The first-order chi connectivity index (χ1) is 16.5. The van der Waals surface area contributed by atoms with E-state index in [9.17, 15) is 10.1 Å². The minimum atomic E-state index is -2.75. The molecule has 0 bridgehead atoms. The molecule has 1 aliphatic rings. The van der Waals surface area contributed by atoms with Crippen LogP contribution in [0, 0.1) is 17.2 Å². The Kier molecular flexibility index (Phi) is 8.45. The number of amides is 1. The third kappa shape index (κ3) is 6.34. The second-order valence-corrected chi connectivity index (χ2v) is 15.8. The number of carbonyl (C=O) groups excluding carboxylic acids is 1. The van der Waals surface area contributed by atoms with Gasteiger partial charge in [-0.05, 0) is 55.4 Å².